The number of allylic oxidation sites excluding steroid dienone is 2. The van der Waals surface area contributed by atoms with Gasteiger partial charge < -0.3 is 9.47 Å². The van der Waals surface area contributed by atoms with Crippen molar-refractivity contribution in [2.24, 2.45) is 0 Å². The summed E-state index contributed by atoms with van der Waals surface area (Å²) in [6.07, 6.45) is 6.14. The molecule has 0 aromatic carbocycles. The van der Waals surface area contributed by atoms with E-state index in [0.29, 0.717) is 0 Å². The van der Waals surface area contributed by atoms with Crippen LogP contribution in [-0.4, -0.2) is 19.5 Å². The summed E-state index contributed by atoms with van der Waals surface area (Å²) in [5.74, 6) is 0. The van der Waals surface area contributed by atoms with Gasteiger partial charge in [-0.05, 0) is 27.2 Å². The summed E-state index contributed by atoms with van der Waals surface area (Å²) in [5.41, 5.74) is 0. The van der Waals surface area contributed by atoms with Gasteiger partial charge in [-0.15, -0.1) is 0 Å². The molecule has 0 rings (SSSR count). The average Bonchev–Trinajstić information content (AvgIpc) is 2.06. The fourth-order valence-corrected chi connectivity index (χ4v) is 0.986. The summed E-state index contributed by atoms with van der Waals surface area (Å²) < 4.78 is 10.7. The minimum absolute atomic E-state index is 0.0174. The van der Waals surface area contributed by atoms with Crippen LogP contribution in [0.3, 0.4) is 0 Å². The molecule has 0 saturated heterocycles. The standard InChI is InChI=1S/C10H20O2/c1-4-7-8-9-10(11-5-2)12-6-3/h4,7,10H,5-6,8-9H2,1-3H3. The van der Waals surface area contributed by atoms with E-state index >= 15 is 0 Å². The fourth-order valence-electron chi connectivity index (χ4n) is 0.986. The van der Waals surface area contributed by atoms with Gasteiger partial charge in [0, 0.05) is 19.6 Å². The summed E-state index contributed by atoms with van der Waals surface area (Å²) in [7, 11) is 0. The molecule has 0 aromatic rings. The maximum absolute atomic E-state index is 5.37. The smallest absolute Gasteiger partial charge is 0.157 e. The Balaban J connectivity index is 3.47. The lowest BCUT2D eigenvalue weighted by Crippen LogP contribution is -2.16. The SMILES string of the molecule is CC=CCCC(OCC)OCC. The summed E-state index contributed by atoms with van der Waals surface area (Å²) in [6, 6.07) is 0. The van der Waals surface area contributed by atoms with E-state index in [1.54, 1.807) is 0 Å². The Morgan fingerprint density at radius 3 is 2.17 bits per heavy atom. The molecular formula is C10H20O2. The van der Waals surface area contributed by atoms with Crippen LogP contribution in [-0.2, 0) is 9.47 Å². The van der Waals surface area contributed by atoms with Gasteiger partial charge in [-0.25, -0.2) is 0 Å². The molecule has 0 spiro atoms. The van der Waals surface area contributed by atoms with E-state index in [-0.39, 0.29) is 6.29 Å². The summed E-state index contributed by atoms with van der Waals surface area (Å²) in [6.45, 7) is 7.45. The van der Waals surface area contributed by atoms with E-state index in [2.05, 4.69) is 12.2 Å². The largest absolute Gasteiger partial charge is 0.353 e. The molecule has 0 fully saturated rings. The Bertz CT molecular complexity index is 104. The number of hydrogen-bond acceptors (Lipinski definition) is 2. The second-order valence-electron chi connectivity index (χ2n) is 2.49. The molecule has 0 N–H and O–H groups in total. The first kappa shape index (κ1) is 11.7. The van der Waals surface area contributed by atoms with Crippen molar-refractivity contribution in [2.45, 2.75) is 39.9 Å². The monoisotopic (exact) mass is 172 g/mol. The first-order chi connectivity index (χ1) is 5.85. The van der Waals surface area contributed by atoms with Crippen molar-refractivity contribution >= 4 is 0 Å². The fraction of sp³-hybridized carbons (Fsp3) is 0.800. The van der Waals surface area contributed by atoms with Gasteiger partial charge in [0.2, 0.25) is 0 Å². The van der Waals surface area contributed by atoms with Crippen molar-refractivity contribution in [3.8, 4) is 0 Å². The maximum Gasteiger partial charge on any atom is 0.157 e. The molecule has 0 aromatic heterocycles. The Morgan fingerprint density at radius 2 is 1.75 bits per heavy atom. The maximum atomic E-state index is 5.37. The normalized spacial score (nSPS) is 11.7. The highest BCUT2D eigenvalue weighted by Crippen LogP contribution is 2.04. The quantitative estimate of drug-likeness (QED) is 0.434. The van der Waals surface area contributed by atoms with E-state index in [4.69, 9.17) is 9.47 Å². The van der Waals surface area contributed by atoms with Crippen LogP contribution in [0.4, 0.5) is 0 Å². The highest BCUT2D eigenvalue weighted by atomic mass is 16.7. The highest BCUT2D eigenvalue weighted by Gasteiger charge is 2.04. The molecule has 2 nitrogen and oxygen atoms in total. The van der Waals surface area contributed by atoms with Gasteiger partial charge >= 0.3 is 0 Å². The predicted molar refractivity (Wildman–Crippen MR) is 51.1 cm³/mol. The van der Waals surface area contributed by atoms with Crippen molar-refractivity contribution in [1.82, 2.24) is 0 Å². The van der Waals surface area contributed by atoms with Gasteiger partial charge in [0.25, 0.3) is 0 Å². The van der Waals surface area contributed by atoms with Gasteiger partial charge in [-0.1, -0.05) is 12.2 Å². The second kappa shape index (κ2) is 8.75. The predicted octanol–water partition coefficient (Wildman–Crippen LogP) is 2.74. The molecule has 0 bridgehead atoms. The van der Waals surface area contributed by atoms with Crippen molar-refractivity contribution in [2.75, 3.05) is 13.2 Å². The lowest BCUT2D eigenvalue weighted by atomic mass is 10.3. The van der Waals surface area contributed by atoms with Gasteiger partial charge in [0.15, 0.2) is 6.29 Å². The van der Waals surface area contributed by atoms with Crippen molar-refractivity contribution in [3.05, 3.63) is 12.2 Å². The van der Waals surface area contributed by atoms with E-state index in [1.807, 2.05) is 20.8 Å². The second-order valence-corrected chi connectivity index (χ2v) is 2.49. The molecule has 2 heteroatoms. The van der Waals surface area contributed by atoms with Gasteiger partial charge in [-0.3, -0.25) is 0 Å². The van der Waals surface area contributed by atoms with E-state index in [0.717, 1.165) is 26.1 Å². The van der Waals surface area contributed by atoms with E-state index in [1.165, 1.54) is 0 Å². The van der Waals surface area contributed by atoms with Gasteiger partial charge in [0.1, 0.15) is 0 Å². The molecular weight excluding hydrogens is 152 g/mol. The van der Waals surface area contributed by atoms with Crippen molar-refractivity contribution < 1.29 is 9.47 Å². The Morgan fingerprint density at radius 1 is 1.17 bits per heavy atom. The number of hydrogen-bond donors (Lipinski definition) is 0. The molecule has 0 saturated carbocycles. The zero-order valence-electron chi connectivity index (χ0n) is 8.38. The molecule has 0 heterocycles. The van der Waals surface area contributed by atoms with Crippen molar-refractivity contribution in [3.63, 3.8) is 0 Å². The summed E-state index contributed by atoms with van der Waals surface area (Å²) in [4.78, 5) is 0. The lowest BCUT2D eigenvalue weighted by molar-refractivity contribution is -0.138. The van der Waals surface area contributed by atoms with Gasteiger partial charge in [-0.2, -0.15) is 0 Å². The molecule has 0 aliphatic rings. The average molecular weight is 172 g/mol. The first-order valence-corrected chi connectivity index (χ1v) is 4.69. The number of rotatable bonds is 7. The Hall–Kier alpha value is -0.340. The van der Waals surface area contributed by atoms with E-state index < -0.39 is 0 Å². The molecule has 72 valence electrons. The minimum Gasteiger partial charge on any atom is -0.353 e. The van der Waals surface area contributed by atoms with E-state index in [9.17, 15) is 0 Å². The van der Waals surface area contributed by atoms with Crippen LogP contribution in [0.15, 0.2) is 12.2 Å². The Kier molecular flexibility index (Phi) is 8.51. The number of ether oxygens (including phenoxy) is 2. The summed E-state index contributed by atoms with van der Waals surface area (Å²) in [5, 5.41) is 0. The third-order valence-electron chi connectivity index (χ3n) is 1.51. The lowest BCUT2D eigenvalue weighted by Gasteiger charge is -2.15. The van der Waals surface area contributed by atoms with Crippen LogP contribution in [0, 0.1) is 0 Å². The zero-order valence-corrected chi connectivity index (χ0v) is 8.38. The first-order valence-electron chi connectivity index (χ1n) is 4.69. The molecule has 12 heavy (non-hydrogen) atoms. The third kappa shape index (κ3) is 6.38. The van der Waals surface area contributed by atoms with Crippen LogP contribution >= 0.6 is 0 Å². The molecule has 0 aliphatic heterocycles. The Labute approximate surface area is 75.6 Å². The summed E-state index contributed by atoms with van der Waals surface area (Å²) >= 11 is 0. The zero-order chi connectivity index (χ0) is 9.23. The van der Waals surface area contributed by atoms with Crippen LogP contribution in [0.5, 0.6) is 0 Å². The minimum atomic E-state index is -0.0174. The molecule has 0 amide bonds. The van der Waals surface area contributed by atoms with Gasteiger partial charge in [0.05, 0.1) is 0 Å². The molecule has 0 radical (unpaired) electrons. The van der Waals surface area contributed by atoms with Crippen LogP contribution < -0.4 is 0 Å². The topological polar surface area (TPSA) is 18.5 Å². The van der Waals surface area contributed by atoms with Crippen LogP contribution in [0.1, 0.15) is 33.6 Å². The third-order valence-corrected chi connectivity index (χ3v) is 1.51. The highest BCUT2D eigenvalue weighted by molar-refractivity contribution is 4.76. The van der Waals surface area contributed by atoms with Crippen LogP contribution in [0.25, 0.3) is 0 Å². The van der Waals surface area contributed by atoms with Crippen molar-refractivity contribution in [1.29, 1.82) is 0 Å². The molecule has 0 unspecified atom stereocenters. The van der Waals surface area contributed by atoms with Crippen LogP contribution in [0.2, 0.25) is 0 Å². The molecule has 0 aliphatic carbocycles. The molecule has 0 atom stereocenters.